The summed E-state index contributed by atoms with van der Waals surface area (Å²) < 4.78 is 27.7. The number of hydrogen-bond acceptors (Lipinski definition) is 3. The number of sulfonamides is 1. The van der Waals surface area contributed by atoms with E-state index in [-0.39, 0.29) is 11.4 Å². The predicted molar refractivity (Wildman–Crippen MR) is 82.4 cm³/mol. The minimum atomic E-state index is -3.66. The highest BCUT2D eigenvalue weighted by Gasteiger charge is 2.26. The first-order chi connectivity index (χ1) is 9.27. The summed E-state index contributed by atoms with van der Waals surface area (Å²) in [6.45, 7) is 3.68. The smallest absolute Gasteiger partial charge is 0.241 e. The van der Waals surface area contributed by atoms with Crippen LogP contribution in [0.1, 0.15) is 13.8 Å². The van der Waals surface area contributed by atoms with Gasteiger partial charge in [-0.1, -0.05) is 35.9 Å². The van der Waals surface area contributed by atoms with Gasteiger partial charge in [0.1, 0.15) is 0 Å². The molecule has 0 aromatic heterocycles. The number of fused-ring (bicyclic) bond motifs is 1. The molecule has 0 bridgehead atoms. The Balaban J connectivity index is 2.61. The first-order valence-corrected chi connectivity index (χ1v) is 8.04. The lowest BCUT2D eigenvalue weighted by molar-refractivity contribution is 0.463. The highest BCUT2D eigenvalue weighted by atomic mass is 35.5. The average Bonchev–Trinajstić information content (AvgIpc) is 2.38. The summed E-state index contributed by atoms with van der Waals surface area (Å²) in [7, 11) is -3.66. The molecule has 0 atom stereocenters. The second-order valence-corrected chi connectivity index (χ2v) is 7.34. The van der Waals surface area contributed by atoms with Crippen molar-refractivity contribution in [2.75, 3.05) is 6.54 Å². The van der Waals surface area contributed by atoms with Crippen LogP contribution in [0, 0.1) is 0 Å². The fraction of sp³-hybridized carbons (Fsp3) is 0.286. The molecule has 20 heavy (non-hydrogen) atoms. The maximum Gasteiger partial charge on any atom is 0.241 e. The van der Waals surface area contributed by atoms with Crippen molar-refractivity contribution >= 4 is 32.4 Å². The zero-order chi connectivity index (χ0) is 15.0. The summed E-state index contributed by atoms with van der Waals surface area (Å²) in [5, 5.41) is 1.83. The summed E-state index contributed by atoms with van der Waals surface area (Å²) in [5.74, 6) is 0. The molecule has 0 saturated heterocycles. The van der Waals surface area contributed by atoms with E-state index >= 15 is 0 Å². The van der Waals surface area contributed by atoms with Crippen molar-refractivity contribution in [2.45, 2.75) is 24.3 Å². The maximum atomic E-state index is 12.5. The van der Waals surface area contributed by atoms with Gasteiger partial charge in [0.2, 0.25) is 10.0 Å². The molecule has 0 heterocycles. The van der Waals surface area contributed by atoms with Crippen LogP contribution < -0.4 is 10.5 Å². The van der Waals surface area contributed by atoms with Crippen LogP contribution in [0.5, 0.6) is 0 Å². The zero-order valence-corrected chi connectivity index (χ0v) is 12.9. The van der Waals surface area contributed by atoms with Crippen molar-refractivity contribution in [2.24, 2.45) is 5.73 Å². The number of halogens is 1. The Labute approximate surface area is 124 Å². The monoisotopic (exact) mass is 312 g/mol. The van der Waals surface area contributed by atoms with Crippen LogP contribution in [0.4, 0.5) is 0 Å². The lowest BCUT2D eigenvalue weighted by atomic mass is 10.1. The highest BCUT2D eigenvalue weighted by Crippen LogP contribution is 2.29. The highest BCUT2D eigenvalue weighted by molar-refractivity contribution is 7.89. The van der Waals surface area contributed by atoms with E-state index in [9.17, 15) is 8.42 Å². The maximum absolute atomic E-state index is 12.5. The summed E-state index contributed by atoms with van der Waals surface area (Å²) >= 11 is 6.10. The summed E-state index contributed by atoms with van der Waals surface area (Å²) in [6.07, 6.45) is 0. The molecule has 2 rings (SSSR count). The van der Waals surface area contributed by atoms with Gasteiger partial charge in [-0.3, -0.25) is 0 Å². The SMILES string of the molecule is CC(C)(CN)NS(=O)(=O)c1ccc(Cl)c2ccccc12. The van der Waals surface area contributed by atoms with Gasteiger partial charge in [-0.25, -0.2) is 13.1 Å². The molecule has 2 aromatic rings. The molecule has 0 spiro atoms. The van der Waals surface area contributed by atoms with E-state index in [1.807, 2.05) is 6.07 Å². The molecule has 0 aliphatic carbocycles. The van der Waals surface area contributed by atoms with Crippen LogP contribution in [0.2, 0.25) is 5.02 Å². The fourth-order valence-corrected chi connectivity index (χ4v) is 3.79. The van der Waals surface area contributed by atoms with E-state index < -0.39 is 15.6 Å². The molecule has 0 amide bonds. The van der Waals surface area contributed by atoms with Gasteiger partial charge < -0.3 is 5.73 Å². The second-order valence-electron chi connectivity index (χ2n) is 5.28. The number of nitrogens with two attached hydrogens (primary N) is 1. The molecule has 3 N–H and O–H groups in total. The van der Waals surface area contributed by atoms with Crippen LogP contribution in [-0.4, -0.2) is 20.5 Å². The Morgan fingerprint density at radius 3 is 2.35 bits per heavy atom. The molecule has 2 aromatic carbocycles. The van der Waals surface area contributed by atoms with E-state index in [4.69, 9.17) is 17.3 Å². The van der Waals surface area contributed by atoms with E-state index in [0.717, 1.165) is 0 Å². The lowest BCUT2D eigenvalue weighted by Crippen LogP contribution is -2.48. The van der Waals surface area contributed by atoms with Crippen molar-refractivity contribution < 1.29 is 8.42 Å². The van der Waals surface area contributed by atoms with Crippen molar-refractivity contribution in [3.63, 3.8) is 0 Å². The van der Waals surface area contributed by atoms with Gasteiger partial charge in [0, 0.05) is 27.9 Å². The lowest BCUT2D eigenvalue weighted by Gasteiger charge is -2.24. The third kappa shape index (κ3) is 2.96. The predicted octanol–water partition coefficient (Wildman–Crippen LogP) is 2.51. The standard InChI is InChI=1S/C14H17ClN2O2S/c1-14(2,9-16)17-20(18,19)13-8-7-12(15)10-5-3-4-6-11(10)13/h3-8,17H,9,16H2,1-2H3. The first kappa shape index (κ1) is 15.3. The number of rotatable bonds is 4. The summed E-state index contributed by atoms with van der Waals surface area (Å²) in [5.41, 5.74) is 4.87. The molecule has 0 radical (unpaired) electrons. The van der Waals surface area contributed by atoms with Crippen molar-refractivity contribution in [1.29, 1.82) is 0 Å². The van der Waals surface area contributed by atoms with E-state index in [1.165, 1.54) is 6.07 Å². The number of hydrogen-bond donors (Lipinski definition) is 2. The average molecular weight is 313 g/mol. The minimum Gasteiger partial charge on any atom is -0.329 e. The van der Waals surface area contributed by atoms with Gasteiger partial charge in [-0.2, -0.15) is 0 Å². The topological polar surface area (TPSA) is 72.2 Å². The van der Waals surface area contributed by atoms with Gasteiger partial charge in [0.15, 0.2) is 0 Å². The van der Waals surface area contributed by atoms with Crippen molar-refractivity contribution in [1.82, 2.24) is 4.72 Å². The zero-order valence-electron chi connectivity index (χ0n) is 11.4. The number of benzene rings is 2. The molecule has 0 aliphatic rings. The normalized spacial score (nSPS) is 12.8. The Hall–Kier alpha value is -1.14. The van der Waals surface area contributed by atoms with Gasteiger partial charge in [0.05, 0.1) is 4.90 Å². The van der Waals surface area contributed by atoms with Crippen LogP contribution in [-0.2, 0) is 10.0 Å². The molecule has 0 fully saturated rings. The van der Waals surface area contributed by atoms with Crippen LogP contribution in [0.15, 0.2) is 41.3 Å². The minimum absolute atomic E-state index is 0.206. The van der Waals surface area contributed by atoms with Crippen LogP contribution >= 0.6 is 11.6 Å². The molecule has 0 unspecified atom stereocenters. The quantitative estimate of drug-likeness (QED) is 0.911. The third-order valence-electron chi connectivity index (χ3n) is 3.04. The molecule has 6 heteroatoms. The summed E-state index contributed by atoms with van der Waals surface area (Å²) in [4.78, 5) is 0.207. The molecule has 4 nitrogen and oxygen atoms in total. The largest absolute Gasteiger partial charge is 0.329 e. The van der Waals surface area contributed by atoms with Crippen LogP contribution in [0.3, 0.4) is 0 Å². The third-order valence-corrected chi connectivity index (χ3v) is 5.13. The second kappa shape index (κ2) is 5.33. The molecular weight excluding hydrogens is 296 g/mol. The van der Waals surface area contributed by atoms with E-state index in [1.54, 1.807) is 38.1 Å². The van der Waals surface area contributed by atoms with E-state index in [2.05, 4.69) is 4.72 Å². The molecular formula is C14H17ClN2O2S. The van der Waals surface area contributed by atoms with Crippen molar-refractivity contribution in [3.8, 4) is 0 Å². The number of nitrogens with one attached hydrogen (secondary N) is 1. The molecule has 0 saturated carbocycles. The Morgan fingerprint density at radius 1 is 1.15 bits per heavy atom. The van der Waals surface area contributed by atoms with Crippen LogP contribution in [0.25, 0.3) is 10.8 Å². The Kier molecular flexibility index (Phi) is 4.07. The van der Waals surface area contributed by atoms with Gasteiger partial charge in [-0.15, -0.1) is 0 Å². The first-order valence-electron chi connectivity index (χ1n) is 6.18. The molecule has 0 aliphatic heterocycles. The van der Waals surface area contributed by atoms with E-state index in [0.29, 0.717) is 15.8 Å². The Bertz CT molecular complexity index is 742. The van der Waals surface area contributed by atoms with Crippen molar-refractivity contribution in [3.05, 3.63) is 41.4 Å². The Morgan fingerprint density at radius 2 is 1.75 bits per heavy atom. The summed E-state index contributed by atoms with van der Waals surface area (Å²) in [6, 6.07) is 10.2. The van der Waals surface area contributed by atoms with Gasteiger partial charge in [-0.05, 0) is 26.0 Å². The van der Waals surface area contributed by atoms with Gasteiger partial charge >= 0.3 is 0 Å². The molecule has 108 valence electrons. The fourth-order valence-electron chi connectivity index (χ4n) is 1.93. The van der Waals surface area contributed by atoms with Gasteiger partial charge in [0.25, 0.3) is 0 Å².